The molecule has 0 spiro atoms. The fourth-order valence-electron chi connectivity index (χ4n) is 0.454. The van der Waals surface area contributed by atoms with Gasteiger partial charge in [-0.1, -0.05) is 5.16 Å². The molecule has 4 heteroatoms. The summed E-state index contributed by atoms with van der Waals surface area (Å²) in [6.45, 7) is 1.41. The molecule has 0 radical (unpaired) electrons. The largest absolute Gasteiger partial charge is 0.338 e. The molecule has 0 aliphatic carbocycles. The van der Waals surface area contributed by atoms with Gasteiger partial charge < -0.3 is 4.52 Å². The SMILES string of the molecule is CC(=O)Nc1ccno1. The van der Waals surface area contributed by atoms with Crippen LogP contribution >= 0.6 is 0 Å². The molecular formula is C5H6N2O2. The van der Waals surface area contributed by atoms with Crippen molar-refractivity contribution in [1.82, 2.24) is 5.16 Å². The van der Waals surface area contributed by atoms with Gasteiger partial charge in [0.25, 0.3) is 0 Å². The first-order valence-corrected chi connectivity index (χ1v) is 2.47. The van der Waals surface area contributed by atoms with E-state index in [1.54, 1.807) is 6.07 Å². The van der Waals surface area contributed by atoms with Crippen LogP contribution in [0.3, 0.4) is 0 Å². The molecule has 0 atom stereocenters. The Hall–Kier alpha value is -1.32. The summed E-state index contributed by atoms with van der Waals surface area (Å²) in [5.74, 6) is 0.217. The number of nitrogens with one attached hydrogen (secondary N) is 1. The third kappa shape index (κ3) is 1.56. The highest BCUT2D eigenvalue weighted by atomic mass is 16.5. The molecule has 0 aliphatic heterocycles. The van der Waals surface area contributed by atoms with E-state index >= 15 is 0 Å². The van der Waals surface area contributed by atoms with Crippen LogP contribution in [0.5, 0.6) is 0 Å². The monoisotopic (exact) mass is 126 g/mol. The Morgan fingerprint density at radius 3 is 3.11 bits per heavy atom. The van der Waals surface area contributed by atoms with E-state index in [-0.39, 0.29) is 5.91 Å². The lowest BCUT2D eigenvalue weighted by Crippen LogP contribution is -2.04. The average molecular weight is 126 g/mol. The van der Waals surface area contributed by atoms with Gasteiger partial charge in [-0.15, -0.1) is 0 Å². The second-order valence-corrected chi connectivity index (χ2v) is 1.56. The van der Waals surface area contributed by atoms with Crippen molar-refractivity contribution in [2.75, 3.05) is 5.32 Å². The van der Waals surface area contributed by atoms with Crippen molar-refractivity contribution in [3.8, 4) is 0 Å². The summed E-state index contributed by atoms with van der Waals surface area (Å²) in [6, 6.07) is 1.57. The van der Waals surface area contributed by atoms with Crippen LogP contribution < -0.4 is 5.32 Å². The first-order valence-electron chi connectivity index (χ1n) is 2.47. The van der Waals surface area contributed by atoms with E-state index in [2.05, 4.69) is 15.0 Å². The van der Waals surface area contributed by atoms with E-state index in [1.165, 1.54) is 13.1 Å². The van der Waals surface area contributed by atoms with Crippen LogP contribution in [-0.4, -0.2) is 11.1 Å². The third-order valence-corrected chi connectivity index (χ3v) is 0.737. The van der Waals surface area contributed by atoms with Crippen LogP contribution in [0.15, 0.2) is 16.8 Å². The van der Waals surface area contributed by atoms with Gasteiger partial charge in [0.1, 0.15) is 0 Å². The van der Waals surface area contributed by atoms with Gasteiger partial charge in [0, 0.05) is 13.0 Å². The molecule has 0 saturated carbocycles. The summed E-state index contributed by atoms with van der Waals surface area (Å²) in [4.78, 5) is 10.3. The Labute approximate surface area is 51.8 Å². The van der Waals surface area contributed by atoms with E-state index in [1.807, 2.05) is 0 Å². The Kier molecular flexibility index (Phi) is 1.48. The van der Waals surface area contributed by atoms with Crippen LogP contribution in [-0.2, 0) is 4.79 Å². The van der Waals surface area contributed by atoms with Crippen molar-refractivity contribution in [2.24, 2.45) is 0 Å². The van der Waals surface area contributed by atoms with E-state index in [0.717, 1.165) is 0 Å². The molecule has 4 nitrogen and oxygen atoms in total. The lowest BCUT2D eigenvalue weighted by Gasteiger charge is -1.90. The second-order valence-electron chi connectivity index (χ2n) is 1.56. The molecule has 0 aromatic carbocycles. The highest BCUT2D eigenvalue weighted by Gasteiger charge is 1.95. The van der Waals surface area contributed by atoms with Gasteiger partial charge >= 0.3 is 0 Å². The van der Waals surface area contributed by atoms with Crippen LogP contribution in [0.2, 0.25) is 0 Å². The zero-order valence-corrected chi connectivity index (χ0v) is 4.92. The minimum Gasteiger partial charge on any atom is -0.338 e. The van der Waals surface area contributed by atoms with Gasteiger partial charge in [-0.05, 0) is 0 Å². The maximum atomic E-state index is 10.3. The van der Waals surface area contributed by atoms with Crippen molar-refractivity contribution < 1.29 is 9.32 Å². The van der Waals surface area contributed by atoms with Crippen molar-refractivity contribution in [1.29, 1.82) is 0 Å². The van der Waals surface area contributed by atoms with Crippen LogP contribution in [0.1, 0.15) is 6.92 Å². The third-order valence-electron chi connectivity index (χ3n) is 0.737. The molecule has 1 aromatic heterocycles. The standard InChI is InChI=1S/C5H6N2O2/c1-4(8)7-5-2-3-6-9-5/h2-3H,1H3,(H,7,8). The van der Waals surface area contributed by atoms with Crippen LogP contribution in [0, 0.1) is 0 Å². The van der Waals surface area contributed by atoms with Gasteiger partial charge in [-0.3, -0.25) is 10.1 Å². The fraction of sp³-hybridized carbons (Fsp3) is 0.200. The lowest BCUT2D eigenvalue weighted by atomic mass is 10.6. The normalized spacial score (nSPS) is 9.00. The van der Waals surface area contributed by atoms with Crippen LogP contribution in [0.4, 0.5) is 5.88 Å². The molecule has 1 amide bonds. The van der Waals surface area contributed by atoms with E-state index < -0.39 is 0 Å². The molecule has 0 saturated heterocycles. The van der Waals surface area contributed by atoms with Crippen molar-refractivity contribution in [3.05, 3.63) is 12.3 Å². The van der Waals surface area contributed by atoms with Gasteiger partial charge in [0.15, 0.2) is 0 Å². The zero-order chi connectivity index (χ0) is 6.69. The molecule has 9 heavy (non-hydrogen) atoms. The summed E-state index contributed by atoms with van der Waals surface area (Å²) in [6.07, 6.45) is 1.46. The molecule has 1 rings (SSSR count). The van der Waals surface area contributed by atoms with Crippen LogP contribution in [0.25, 0.3) is 0 Å². The summed E-state index contributed by atoms with van der Waals surface area (Å²) < 4.78 is 4.56. The lowest BCUT2D eigenvalue weighted by molar-refractivity contribution is -0.114. The number of hydrogen-bond donors (Lipinski definition) is 1. The molecule has 1 heterocycles. The first-order chi connectivity index (χ1) is 4.29. The van der Waals surface area contributed by atoms with Gasteiger partial charge in [0.05, 0.1) is 6.20 Å². The number of hydrogen-bond acceptors (Lipinski definition) is 3. The number of carbonyl (C=O) groups is 1. The first kappa shape index (κ1) is 5.81. The van der Waals surface area contributed by atoms with Crippen molar-refractivity contribution in [2.45, 2.75) is 6.92 Å². The minimum absolute atomic E-state index is 0.160. The van der Waals surface area contributed by atoms with Crippen molar-refractivity contribution in [3.63, 3.8) is 0 Å². The smallest absolute Gasteiger partial charge is 0.231 e. The zero-order valence-electron chi connectivity index (χ0n) is 4.92. The molecule has 0 aliphatic rings. The van der Waals surface area contributed by atoms with Gasteiger partial charge in [-0.25, -0.2) is 0 Å². The molecule has 1 N–H and O–H groups in total. The highest BCUT2D eigenvalue weighted by molar-refractivity contribution is 5.86. The van der Waals surface area contributed by atoms with Gasteiger partial charge in [-0.2, -0.15) is 0 Å². The van der Waals surface area contributed by atoms with E-state index in [9.17, 15) is 4.79 Å². The number of rotatable bonds is 1. The number of carbonyl (C=O) groups excluding carboxylic acids is 1. The molecule has 0 unspecified atom stereocenters. The Morgan fingerprint density at radius 2 is 2.67 bits per heavy atom. The average Bonchev–Trinajstić information content (AvgIpc) is 2.15. The number of anilines is 1. The fourth-order valence-corrected chi connectivity index (χ4v) is 0.454. The molecular weight excluding hydrogens is 120 g/mol. The quantitative estimate of drug-likeness (QED) is 0.600. The van der Waals surface area contributed by atoms with Gasteiger partial charge in [0.2, 0.25) is 11.8 Å². The summed E-state index contributed by atoms with van der Waals surface area (Å²) >= 11 is 0. The maximum Gasteiger partial charge on any atom is 0.231 e. The maximum absolute atomic E-state index is 10.3. The molecule has 1 aromatic rings. The summed E-state index contributed by atoms with van der Waals surface area (Å²) in [5, 5.41) is 5.80. The molecule has 0 fully saturated rings. The number of nitrogens with zero attached hydrogens (tertiary/aromatic N) is 1. The highest BCUT2D eigenvalue weighted by Crippen LogP contribution is 2.01. The minimum atomic E-state index is -0.160. The second kappa shape index (κ2) is 2.30. The number of amides is 1. The number of aromatic nitrogens is 1. The van der Waals surface area contributed by atoms with E-state index in [0.29, 0.717) is 5.88 Å². The summed E-state index contributed by atoms with van der Waals surface area (Å²) in [7, 11) is 0. The predicted molar refractivity (Wildman–Crippen MR) is 30.8 cm³/mol. The Bertz CT molecular complexity index is 193. The van der Waals surface area contributed by atoms with Crippen molar-refractivity contribution >= 4 is 11.8 Å². The molecule has 48 valence electrons. The predicted octanol–water partition coefficient (Wildman–Crippen LogP) is 0.633. The Balaban J connectivity index is 2.58. The Morgan fingerprint density at radius 1 is 1.89 bits per heavy atom. The molecule has 0 bridgehead atoms. The summed E-state index contributed by atoms with van der Waals surface area (Å²) in [5.41, 5.74) is 0. The van der Waals surface area contributed by atoms with E-state index in [4.69, 9.17) is 0 Å². The topological polar surface area (TPSA) is 55.1 Å².